The summed E-state index contributed by atoms with van der Waals surface area (Å²) in [4.78, 5) is 0. The molecule has 0 saturated carbocycles. The summed E-state index contributed by atoms with van der Waals surface area (Å²) in [7, 11) is 1.99. The molecule has 0 aliphatic rings. The Morgan fingerprint density at radius 3 is 2.54 bits per heavy atom. The van der Waals surface area contributed by atoms with E-state index in [1.54, 1.807) is 11.8 Å². The Bertz CT molecular complexity index is 1070. The van der Waals surface area contributed by atoms with E-state index in [0.717, 1.165) is 28.9 Å². The smallest absolute Gasteiger partial charge is 0.191 e. The number of hydrogen-bond donors (Lipinski definition) is 0. The van der Waals surface area contributed by atoms with Crippen LogP contribution >= 0.6 is 11.8 Å². The lowest BCUT2D eigenvalue weighted by Crippen LogP contribution is -2.04. The van der Waals surface area contributed by atoms with Gasteiger partial charge in [-0.25, -0.2) is 0 Å². The summed E-state index contributed by atoms with van der Waals surface area (Å²) in [5.74, 6) is 2.53. The van der Waals surface area contributed by atoms with Crippen molar-refractivity contribution in [2.75, 3.05) is 0 Å². The van der Waals surface area contributed by atoms with Crippen LogP contribution in [0.4, 0.5) is 0 Å². The molecule has 0 saturated heterocycles. The van der Waals surface area contributed by atoms with Gasteiger partial charge in [0.05, 0.1) is 0 Å². The predicted octanol–water partition coefficient (Wildman–Crippen LogP) is 5.40. The summed E-state index contributed by atoms with van der Waals surface area (Å²) >= 11 is 1.70. The van der Waals surface area contributed by atoms with Crippen LogP contribution in [-0.2, 0) is 25.8 Å². The van der Waals surface area contributed by atoms with Crippen molar-refractivity contribution in [1.29, 1.82) is 0 Å². The third-order valence-corrected chi connectivity index (χ3v) is 5.93. The largest absolute Gasteiger partial charge is 0.486 e. The summed E-state index contributed by atoms with van der Waals surface area (Å²) in [6, 6.07) is 23.1. The average Bonchev–Trinajstić information content (AvgIpc) is 3.10. The second-order valence-corrected chi connectivity index (χ2v) is 7.61. The van der Waals surface area contributed by atoms with Gasteiger partial charge in [-0.2, -0.15) is 0 Å². The van der Waals surface area contributed by atoms with E-state index < -0.39 is 0 Å². The fourth-order valence-electron chi connectivity index (χ4n) is 3.13. The number of aryl methyl sites for hydroxylation is 1. The number of nitrogens with zero attached hydrogens (tertiary/aromatic N) is 3. The normalized spacial score (nSPS) is 11.1. The number of rotatable bonds is 7. The Labute approximate surface area is 169 Å². The molecular formula is C23H23N3OS. The van der Waals surface area contributed by atoms with Crippen molar-refractivity contribution in [3.05, 3.63) is 83.7 Å². The maximum absolute atomic E-state index is 5.87. The van der Waals surface area contributed by atoms with Gasteiger partial charge in [-0.3, -0.25) is 0 Å². The molecule has 28 heavy (non-hydrogen) atoms. The summed E-state index contributed by atoms with van der Waals surface area (Å²) in [6.07, 6.45) is 1.03. The van der Waals surface area contributed by atoms with Crippen molar-refractivity contribution >= 4 is 22.5 Å². The lowest BCUT2D eigenvalue weighted by Gasteiger charge is -2.08. The summed E-state index contributed by atoms with van der Waals surface area (Å²) < 4.78 is 7.88. The number of hydrogen-bond acceptors (Lipinski definition) is 4. The van der Waals surface area contributed by atoms with Crippen LogP contribution in [0.25, 0.3) is 10.8 Å². The van der Waals surface area contributed by atoms with Gasteiger partial charge in [-0.1, -0.05) is 73.3 Å². The zero-order valence-corrected chi connectivity index (χ0v) is 16.9. The molecule has 4 nitrogen and oxygen atoms in total. The zero-order valence-electron chi connectivity index (χ0n) is 16.1. The first-order chi connectivity index (χ1) is 13.7. The molecule has 0 N–H and O–H groups in total. The minimum Gasteiger partial charge on any atom is -0.486 e. The molecule has 142 valence electrons. The van der Waals surface area contributed by atoms with Gasteiger partial charge in [0, 0.05) is 12.8 Å². The standard InChI is InChI=1S/C23H23N3OS/c1-3-17-11-13-20(14-12-17)27-15-22-24-25-23(26(22)2)28-16-19-9-6-8-18-7-4-5-10-21(18)19/h4-14H,3,15-16H2,1-2H3. The van der Waals surface area contributed by atoms with E-state index in [9.17, 15) is 0 Å². The molecule has 0 radical (unpaired) electrons. The molecule has 0 bridgehead atoms. The maximum Gasteiger partial charge on any atom is 0.191 e. The van der Waals surface area contributed by atoms with Crippen molar-refractivity contribution in [3.8, 4) is 5.75 Å². The minimum atomic E-state index is 0.407. The number of ether oxygens (including phenoxy) is 1. The first kappa shape index (κ1) is 18.6. The van der Waals surface area contributed by atoms with Crippen molar-refractivity contribution in [2.45, 2.75) is 30.9 Å². The molecule has 0 atom stereocenters. The van der Waals surface area contributed by atoms with Crippen molar-refractivity contribution in [1.82, 2.24) is 14.8 Å². The van der Waals surface area contributed by atoms with E-state index in [1.165, 1.54) is 21.9 Å². The Hall–Kier alpha value is -2.79. The zero-order chi connectivity index (χ0) is 19.3. The van der Waals surface area contributed by atoms with Crippen LogP contribution in [0.1, 0.15) is 23.9 Å². The molecule has 5 heteroatoms. The third kappa shape index (κ3) is 4.04. The second-order valence-electron chi connectivity index (χ2n) is 6.67. The summed E-state index contributed by atoms with van der Waals surface area (Å²) in [5.41, 5.74) is 2.61. The molecule has 4 rings (SSSR count). The number of benzene rings is 3. The highest BCUT2D eigenvalue weighted by atomic mass is 32.2. The number of aromatic nitrogens is 3. The van der Waals surface area contributed by atoms with E-state index in [4.69, 9.17) is 4.74 Å². The van der Waals surface area contributed by atoms with Crippen molar-refractivity contribution < 1.29 is 4.74 Å². The average molecular weight is 390 g/mol. The van der Waals surface area contributed by atoms with Crippen LogP contribution in [0, 0.1) is 0 Å². The lowest BCUT2D eigenvalue weighted by atomic mass is 10.1. The summed E-state index contributed by atoms with van der Waals surface area (Å²) in [5, 5.41) is 12.1. The molecular weight excluding hydrogens is 366 g/mol. The Balaban J connectivity index is 1.41. The van der Waals surface area contributed by atoms with Gasteiger partial charge < -0.3 is 9.30 Å². The van der Waals surface area contributed by atoms with Gasteiger partial charge in [-0.15, -0.1) is 10.2 Å². The predicted molar refractivity (Wildman–Crippen MR) is 115 cm³/mol. The minimum absolute atomic E-state index is 0.407. The molecule has 0 aliphatic carbocycles. The molecule has 3 aromatic carbocycles. The van der Waals surface area contributed by atoms with E-state index in [0.29, 0.717) is 6.61 Å². The van der Waals surface area contributed by atoms with E-state index in [-0.39, 0.29) is 0 Å². The van der Waals surface area contributed by atoms with E-state index in [2.05, 4.69) is 71.7 Å². The molecule has 1 heterocycles. The van der Waals surface area contributed by atoms with Gasteiger partial charge in [-0.05, 0) is 40.5 Å². The van der Waals surface area contributed by atoms with Gasteiger partial charge in [0.1, 0.15) is 12.4 Å². The molecule has 0 aliphatic heterocycles. The van der Waals surface area contributed by atoms with Crippen LogP contribution in [0.3, 0.4) is 0 Å². The van der Waals surface area contributed by atoms with Crippen LogP contribution < -0.4 is 4.74 Å². The van der Waals surface area contributed by atoms with E-state index >= 15 is 0 Å². The summed E-state index contributed by atoms with van der Waals surface area (Å²) in [6.45, 7) is 2.55. The van der Waals surface area contributed by atoms with Crippen LogP contribution in [0.15, 0.2) is 71.9 Å². The monoisotopic (exact) mass is 389 g/mol. The van der Waals surface area contributed by atoms with Gasteiger partial charge in [0.15, 0.2) is 11.0 Å². The maximum atomic E-state index is 5.87. The fraction of sp³-hybridized carbons (Fsp3) is 0.217. The van der Waals surface area contributed by atoms with Crippen LogP contribution in [-0.4, -0.2) is 14.8 Å². The molecule has 0 fully saturated rings. The molecule has 0 spiro atoms. The SMILES string of the molecule is CCc1ccc(OCc2nnc(SCc3cccc4ccccc34)n2C)cc1. The van der Waals surface area contributed by atoms with Crippen molar-refractivity contribution in [3.63, 3.8) is 0 Å². The third-order valence-electron chi connectivity index (χ3n) is 4.86. The number of fused-ring (bicyclic) bond motifs is 1. The van der Waals surface area contributed by atoms with E-state index in [1.807, 2.05) is 23.7 Å². The van der Waals surface area contributed by atoms with Gasteiger partial charge >= 0.3 is 0 Å². The molecule has 1 aromatic heterocycles. The van der Waals surface area contributed by atoms with Crippen molar-refractivity contribution in [2.24, 2.45) is 7.05 Å². The quantitative estimate of drug-likeness (QED) is 0.397. The second kappa shape index (κ2) is 8.48. The van der Waals surface area contributed by atoms with Crippen LogP contribution in [0.2, 0.25) is 0 Å². The highest BCUT2D eigenvalue weighted by molar-refractivity contribution is 7.98. The molecule has 0 unspecified atom stereocenters. The topological polar surface area (TPSA) is 39.9 Å². The first-order valence-corrected chi connectivity index (χ1v) is 10.4. The molecule has 0 amide bonds. The van der Waals surface area contributed by atoms with Gasteiger partial charge in [0.25, 0.3) is 0 Å². The highest BCUT2D eigenvalue weighted by Crippen LogP contribution is 2.26. The fourth-order valence-corrected chi connectivity index (χ4v) is 4.06. The molecule has 4 aromatic rings. The Morgan fingerprint density at radius 1 is 0.929 bits per heavy atom. The number of thioether (sulfide) groups is 1. The first-order valence-electron chi connectivity index (χ1n) is 9.44. The van der Waals surface area contributed by atoms with Gasteiger partial charge in [0.2, 0.25) is 0 Å². The Morgan fingerprint density at radius 2 is 1.71 bits per heavy atom. The Kier molecular flexibility index (Phi) is 5.63. The highest BCUT2D eigenvalue weighted by Gasteiger charge is 2.11. The lowest BCUT2D eigenvalue weighted by molar-refractivity contribution is 0.290. The van der Waals surface area contributed by atoms with Crippen LogP contribution in [0.5, 0.6) is 5.75 Å².